The summed E-state index contributed by atoms with van der Waals surface area (Å²) in [6, 6.07) is 2.08. The summed E-state index contributed by atoms with van der Waals surface area (Å²) in [6.45, 7) is 2.87. The fourth-order valence-corrected chi connectivity index (χ4v) is 5.14. The molecule has 1 aromatic heterocycles. The first-order valence-corrected chi connectivity index (χ1v) is 11.1. The minimum absolute atomic E-state index is 0.0719. The first-order valence-electron chi connectivity index (χ1n) is 7.70. The SMILES string of the molecule is CCOP(=O)(OCC)c1cc2cc(S(=O)(=O)NCl)c(C(F)(F)F)cc2[nH]c1=O. The molecule has 0 aliphatic heterocycles. The summed E-state index contributed by atoms with van der Waals surface area (Å²) >= 11 is 5.06. The summed E-state index contributed by atoms with van der Waals surface area (Å²) in [5, 5.41) is -0.613. The van der Waals surface area contributed by atoms with Crippen LogP contribution < -0.4 is 15.1 Å². The van der Waals surface area contributed by atoms with Crippen molar-refractivity contribution in [2.75, 3.05) is 13.2 Å². The van der Waals surface area contributed by atoms with Crippen molar-refractivity contribution in [1.29, 1.82) is 0 Å². The van der Waals surface area contributed by atoms with Crippen LogP contribution in [0.25, 0.3) is 10.9 Å². The molecular weight excluding hydrogens is 448 g/mol. The van der Waals surface area contributed by atoms with E-state index in [1.54, 1.807) is 0 Å². The molecule has 0 radical (unpaired) electrons. The number of aromatic nitrogens is 1. The number of H-pyrrole nitrogens is 1. The number of halogens is 4. The summed E-state index contributed by atoms with van der Waals surface area (Å²) in [5.41, 5.74) is -2.85. The van der Waals surface area contributed by atoms with Crippen molar-refractivity contribution in [3.05, 3.63) is 34.1 Å². The van der Waals surface area contributed by atoms with Gasteiger partial charge in [0.1, 0.15) is 5.30 Å². The van der Waals surface area contributed by atoms with Crippen LogP contribution in [0.2, 0.25) is 0 Å². The van der Waals surface area contributed by atoms with Gasteiger partial charge in [-0.25, -0.2) is 8.42 Å². The average molecular weight is 463 g/mol. The van der Waals surface area contributed by atoms with Crippen LogP contribution in [-0.2, 0) is 29.8 Å². The maximum atomic E-state index is 13.3. The average Bonchev–Trinajstić information content (AvgIpc) is 2.59. The third kappa shape index (κ3) is 4.42. The van der Waals surface area contributed by atoms with Crippen molar-refractivity contribution >= 4 is 45.6 Å². The van der Waals surface area contributed by atoms with Crippen LogP contribution in [0.3, 0.4) is 0 Å². The zero-order chi connectivity index (χ0) is 21.3. The second-order valence-electron chi connectivity index (χ2n) is 5.33. The fourth-order valence-electron chi connectivity index (χ4n) is 2.43. The first-order chi connectivity index (χ1) is 12.9. The standard InChI is InChI=1S/C14H15ClF3N2O6PS/c1-3-25-27(22,26-4-2)11-5-8-6-12(28(23,24)20-15)9(14(16,17)18)7-10(8)19-13(11)21/h5-7,20H,3-4H2,1-2H3,(H,19,21). The van der Waals surface area contributed by atoms with E-state index in [9.17, 15) is 30.9 Å². The lowest BCUT2D eigenvalue weighted by atomic mass is 10.1. The Kier molecular flexibility index (Phi) is 6.64. The van der Waals surface area contributed by atoms with Gasteiger partial charge >= 0.3 is 13.8 Å². The van der Waals surface area contributed by atoms with E-state index in [1.165, 1.54) is 18.1 Å². The number of alkyl halides is 3. The van der Waals surface area contributed by atoms with Gasteiger partial charge in [0.15, 0.2) is 0 Å². The van der Waals surface area contributed by atoms with Gasteiger partial charge in [-0.15, -0.1) is 4.24 Å². The maximum absolute atomic E-state index is 13.3. The van der Waals surface area contributed by atoms with Crippen LogP contribution in [0.15, 0.2) is 27.9 Å². The minimum Gasteiger partial charge on any atom is -0.321 e. The van der Waals surface area contributed by atoms with Gasteiger partial charge in [-0.1, -0.05) is 0 Å². The monoisotopic (exact) mass is 462 g/mol. The van der Waals surface area contributed by atoms with Gasteiger partial charge in [0, 0.05) is 10.9 Å². The molecule has 156 valence electrons. The molecule has 0 aliphatic carbocycles. The summed E-state index contributed by atoms with van der Waals surface area (Å²) in [7, 11) is -8.79. The van der Waals surface area contributed by atoms with E-state index >= 15 is 0 Å². The van der Waals surface area contributed by atoms with Crippen molar-refractivity contribution < 1.29 is 35.2 Å². The molecule has 2 aromatic rings. The maximum Gasteiger partial charge on any atom is 0.417 e. The smallest absolute Gasteiger partial charge is 0.321 e. The summed E-state index contributed by atoms with van der Waals surface area (Å²) in [4.78, 5) is 13.3. The number of sulfonamides is 1. The van der Waals surface area contributed by atoms with Crippen molar-refractivity contribution in [3.63, 3.8) is 0 Å². The van der Waals surface area contributed by atoms with Crippen molar-refractivity contribution in [1.82, 2.24) is 9.23 Å². The van der Waals surface area contributed by atoms with Crippen molar-refractivity contribution in [2.24, 2.45) is 0 Å². The Bertz CT molecular complexity index is 1090. The van der Waals surface area contributed by atoms with Crippen LogP contribution in [0.4, 0.5) is 13.2 Å². The minimum atomic E-state index is -5.05. The Morgan fingerprint density at radius 3 is 2.21 bits per heavy atom. The highest BCUT2D eigenvalue weighted by Gasteiger charge is 2.38. The number of hydrogen-bond donors (Lipinski definition) is 2. The molecule has 28 heavy (non-hydrogen) atoms. The van der Waals surface area contributed by atoms with Gasteiger partial charge in [0.05, 0.1) is 23.7 Å². The van der Waals surface area contributed by atoms with Gasteiger partial charge in [-0.05, 0) is 43.8 Å². The first kappa shape index (κ1) is 22.9. The number of pyridine rings is 1. The Hall–Kier alpha value is -1.43. The highest BCUT2D eigenvalue weighted by Crippen LogP contribution is 2.46. The second kappa shape index (κ2) is 8.13. The summed E-state index contributed by atoms with van der Waals surface area (Å²) < 4.78 is 88.1. The molecule has 8 nitrogen and oxygen atoms in total. The Balaban J connectivity index is 2.89. The van der Waals surface area contributed by atoms with Crippen LogP contribution >= 0.6 is 19.4 Å². The summed E-state index contributed by atoms with van der Waals surface area (Å²) in [6.07, 6.45) is -5.05. The van der Waals surface area contributed by atoms with E-state index in [1.807, 2.05) is 0 Å². The zero-order valence-corrected chi connectivity index (χ0v) is 16.9. The predicted octanol–water partition coefficient (Wildman–Crippen LogP) is 2.87. The topological polar surface area (TPSA) is 115 Å². The largest absolute Gasteiger partial charge is 0.417 e. The predicted molar refractivity (Wildman–Crippen MR) is 96.2 cm³/mol. The van der Waals surface area contributed by atoms with Gasteiger partial charge in [-0.3, -0.25) is 9.36 Å². The fraction of sp³-hybridized carbons (Fsp3) is 0.357. The number of aromatic amines is 1. The van der Waals surface area contributed by atoms with E-state index in [0.717, 1.165) is 6.07 Å². The second-order valence-corrected chi connectivity index (χ2v) is 9.39. The molecule has 0 amide bonds. The molecule has 0 spiro atoms. The number of fused-ring (bicyclic) bond motifs is 1. The van der Waals surface area contributed by atoms with E-state index in [4.69, 9.17) is 20.8 Å². The van der Waals surface area contributed by atoms with Gasteiger partial charge in [0.25, 0.3) is 15.6 Å². The molecule has 0 fully saturated rings. The van der Waals surface area contributed by atoms with Crippen LogP contribution in [0, 0.1) is 0 Å². The molecular formula is C14H15ClF3N2O6PS. The quantitative estimate of drug-likeness (QED) is 0.483. The Morgan fingerprint density at radius 1 is 1.18 bits per heavy atom. The third-order valence-corrected chi connectivity index (χ3v) is 7.36. The molecule has 2 rings (SSSR count). The van der Waals surface area contributed by atoms with Crippen molar-refractivity contribution in [3.8, 4) is 0 Å². The highest BCUT2D eigenvalue weighted by atomic mass is 35.5. The van der Waals surface area contributed by atoms with E-state index in [-0.39, 0.29) is 24.1 Å². The lowest BCUT2D eigenvalue weighted by molar-refractivity contribution is -0.139. The zero-order valence-electron chi connectivity index (χ0n) is 14.5. The van der Waals surface area contributed by atoms with Gasteiger partial charge in [-0.2, -0.15) is 13.2 Å². The normalized spacial score (nSPS) is 13.2. The molecule has 14 heteroatoms. The summed E-state index contributed by atoms with van der Waals surface area (Å²) in [5.74, 6) is 0. The van der Waals surface area contributed by atoms with E-state index in [2.05, 4.69) is 4.98 Å². The molecule has 1 heterocycles. The molecule has 0 aliphatic rings. The number of benzene rings is 1. The van der Waals surface area contributed by atoms with Gasteiger partial charge in [0.2, 0.25) is 0 Å². The molecule has 1 aromatic carbocycles. The number of rotatable bonds is 7. The van der Waals surface area contributed by atoms with Crippen LogP contribution in [-0.4, -0.2) is 26.6 Å². The number of hydrogen-bond acceptors (Lipinski definition) is 6. The molecule has 0 unspecified atom stereocenters. The molecule has 0 bridgehead atoms. The van der Waals surface area contributed by atoms with Gasteiger partial charge < -0.3 is 14.0 Å². The molecule has 2 N–H and O–H groups in total. The third-order valence-electron chi connectivity index (χ3n) is 3.51. The molecule has 0 atom stereocenters. The lowest BCUT2D eigenvalue weighted by Crippen LogP contribution is -2.29. The van der Waals surface area contributed by atoms with E-state index in [0.29, 0.717) is 12.1 Å². The molecule has 0 saturated heterocycles. The van der Waals surface area contributed by atoms with Crippen LogP contribution in [0.5, 0.6) is 0 Å². The van der Waals surface area contributed by atoms with E-state index < -0.39 is 45.1 Å². The number of nitrogens with one attached hydrogen (secondary N) is 2. The Morgan fingerprint density at radius 2 is 1.75 bits per heavy atom. The lowest BCUT2D eigenvalue weighted by Gasteiger charge is -2.18. The highest BCUT2D eigenvalue weighted by molar-refractivity contribution is 7.90. The Labute approximate surface area is 162 Å². The molecule has 0 saturated carbocycles. The van der Waals surface area contributed by atoms with Crippen LogP contribution in [0.1, 0.15) is 19.4 Å². The van der Waals surface area contributed by atoms with Crippen molar-refractivity contribution in [2.45, 2.75) is 24.9 Å².